The second-order valence-electron chi connectivity index (χ2n) is 5.47. The fourth-order valence-corrected chi connectivity index (χ4v) is 2.50. The summed E-state index contributed by atoms with van der Waals surface area (Å²) >= 11 is 0. The number of hydrogen-bond donors (Lipinski definition) is 2. The van der Waals surface area contributed by atoms with Crippen LogP contribution >= 0.6 is 0 Å². The van der Waals surface area contributed by atoms with Gasteiger partial charge in [0.25, 0.3) is 0 Å². The number of rotatable bonds is 6. The van der Waals surface area contributed by atoms with Crippen molar-refractivity contribution in [3.8, 4) is 11.5 Å². The van der Waals surface area contributed by atoms with Crippen molar-refractivity contribution >= 4 is 16.6 Å². The van der Waals surface area contributed by atoms with E-state index in [1.165, 1.54) is 0 Å². The number of pyridine rings is 1. The Morgan fingerprint density at radius 3 is 2.65 bits per heavy atom. The fraction of sp³-hybridized carbons (Fsp3) is 0.211. The smallest absolute Gasteiger partial charge is 0.128 e. The Balaban J connectivity index is 1.93. The number of anilines is 1. The van der Waals surface area contributed by atoms with Gasteiger partial charge >= 0.3 is 0 Å². The van der Waals surface area contributed by atoms with Crippen LogP contribution < -0.4 is 15.8 Å². The van der Waals surface area contributed by atoms with E-state index >= 15 is 0 Å². The van der Waals surface area contributed by atoms with Crippen LogP contribution in [-0.2, 0) is 0 Å². The van der Waals surface area contributed by atoms with Crippen LogP contribution in [0.5, 0.6) is 11.5 Å². The zero-order valence-corrected chi connectivity index (χ0v) is 13.3. The van der Waals surface area contributed by atoms with E-state index in [0.29, 0.717) is 6.54 Å². The third-order valence-electron chi connectivity index (χ3n) is 3.58. The molecule has 4 nitrogen and oxygen atoms in total. The van der Waals surface area contributed by atoms with E-state index in [0.717, 1.165) is 46.7 Å². The molecule has 0 aliphatic heterocycles. The predicted molar refractivity (Wildman–Crippen MR) is 95.2 cm³/mol. The average Bonchev–Trinajstić information content (AvgIpc) is 2.56. The molecule has 0 spiro atoms. The number of nitrogens with one attached hydrogen (secondary N) is 1. The molecular formula is C19H21N3O. The Kier molecular flexibility index (Phi) is 4.74. The van der Waals surface area contributed by atoms with Crippen molar-refractivity contribution in [2.75, 3.05) is 18.4 Å². The quantitative estimate of drug-likeness (QED) is 0.673. The minimum Gasteiger partial charge on any atom is -0.457 e. The molecule has 0 bridgehead atoms. The highest BCUT2D eigenvalue weighted by Crippen LogP contribution is 2.29. The van der Waals surface area contributed by atoms with E-state index in [4.69, 9.17) is 10.5 Å². The fourth-order valence-electron chi connectivity index (χ4n) is 2.50. The molecule has 3 aromatic rings. The molecule has 0 aliphatic rings. The summed E-state index contributed by atoms with van der Waals surface area (Å²) in [6.45, 7) is 3.53. The first kappa shape index (κ1) is 15.3. The highest BCUT2D eigenvalue weighted by Gasteiger charge is 2.06. The molecule has 0 atom stereocenters. The minimum atomic E-state index is 0.678. The van der Waals surface area contributed by atoms with E-state index in [9.17, 15) is 0 Å². The molecule has 0 fully saturated rings. The van der Waals surface area contributed by atoms with Crippen LogP contribution in [0.1, 0.15) is 12.1 Å². The molecule has 4 heteroatoms. The third-order valence-corrected chi connectivity index (χ3v) is 3.58. The molecule has 0 saturated carbocycles. The number of nitrogens with two attached hydrogens (primary N) is 1. The van der Waals surface area contributed by atoms with Crippen LogP contribution in [0.25, 0.3) is 10.9 Å². The molecule has 3 N–H and O–H groups in total. The number of para-hydroxylation sites is 1. The van der Waals surface area contributed by atoms with Gasteiger partial charge in [-0.25, -0.2) is 0 Å². The number of aryl methyl sites for hydroxylation is 1. The maximum absolute atomic E-state index is 5.92. The molecular weight excluding hydrogens is 286 g/mol. The minimum absolute atomic E-state index is 0.678. The second-order valence-corrected chi connectivity index (χ2v) is 5.47. The molecule has 1 heterocycles. The molecule has 1 aromatic heterocycles. The lowest BCUT2D eigenvalue weighted by molar-refractivity contribution is 0.483. The summed E-state index contributed by atoms with van der Waals surface area (Å²) in [6, 6.07) is 17.8. The summed E-state index contributed by atoms with van der Waals surface area (Å²) in [7, 11) is 0. The van der Waals surface area contributed by atoms with Crippen LogP contribution in [0.2, 0.25) is 0 Å². The monoisotopic (exact) mass is 307 g/mol. The lowest BCUT2D eigenvalue weighted by Gasteiger charge is -2.12. The number of benzene rings is 2. The molecule has 118 valence electrons. The van der Waals surface area contributed by atoms with Gasteiger partial charge in [-0.2, -0.15) is 0 Å². The van der Waals surface area contributed by atoms with Gasteiger partial charge in [-0.3, -0.25) is 4.98 Å². The zero-order chi connectivity index (χ0) is 16.1. The van der Waals surface area contributed by atoms with Crippen LogP contribution in [-0.4, -0.2) is 18.1 Å². The summed E-state index contributed by atoms with van der Waals surface area (Å²) < 4.78 is 5.92. The first-order valence-electron chi connectivity index (χ1n) is 7.84. The van der Waals surface area contributed by atoms with Crippen LogP contribution in [0.15, 0.2) is 54.6 Å². The van der Waals surface area contributed by atoms with Crippen molar-refractivity contribution in [3.63, 3.8) is 0 Å². The second kappa shape index (κ2) is 7.11. The lowest BCUT2D eigenvalue weighted by Crippen LogP contribution is -2.09. The van der Waals surface area contributed by atoms with Crippen molar-refractivity contribution in [1.82, 2.24) is 4.98 Å². The predicted octanol–water partition coefficient (Wildman–Crippen LogP) is 4.10. The van der Waals surface area contributed by atoms with E-state index in [1.54, 1.807) is 0 Å². The van der Waals surface area contributed by atoms with E-state index in [2.05, 4.69) is 16.4 Å². The van der Waals surface area contributed by atoms with Crippen molar-refractivity contribution in [2.24, 2.45) is 5.73 Å². The van der Waals surface area contributed by atoms with Gasteiger partial charge in [-0.1, -0.05) is 18.2 Å². The van der Waals surface area contributed by atoms with E-state index in [-0.39, 0.29) is 0 Å². The van der Waals surface area contributed by atoms with Crippen molar-refractivity contribution in [2.45, 2.75) is 13.3 Å². The lowest BCUT2D eigenvalue weighted by atomic mass is 10.1. The number of hydrogen-bond acceptors (Lipinski definition) is 4. The molecule has 23 heavy (non-hydrogen) atoms. The number of nitrogens with zero attached hydrogens (tertiary/aromatic N) is 1. The number of ether oxygens (including phenoxy) is 1. The highest BCUT2D eigenvalue weighted by molar-refractivity contribution is 5.92. The van der Waals surface area contributed by atoms with Crippen LogP contribution in [0.4, 0.5) is 5.69 Å². The molecule has 0 aliphatic carbocycles. The number of fused-ring (bicyclic) bond motifs is 1. The Morgan fingerprint density at radius 1 is 1.04 bits per heavy atom. The zero-order valence-electron chi connectivity index (χ0n) is 13.3. The van der Waals surface area contributed by atoms with Gasteiger partial charge in [-0.05, 0) is 56.3 Å². The number of aromatic nitrogens is 1. The highest BCUT2D eigenvalue weighted by atomic mass is 16.5. The van der Waals surface area contributed by atoms with E-state index < -0.39 is 0 Å². The Hall–Kier alpha value is -2.59. The first-order valence-corrected chi connectivity index (χ1v) is 7.84. The normalized spacial score (nSPS) is 10.7. The van der Waals surface area contributed by atoms with Crippen LogP contribution in [0, 0.1) is 6.92 Å². The van der Waals surface area contributed by atoms with Gasteiger partial charge in [0, 0.05) is 23.3 Å². The molecule has 0 radical (unpaired) electrons. The summed E-state index contributed by atoms with van der Waals surface area (Å²) in [5.41, 5.74) is 8.59. The SMILES string of the molecule is Cc1cc(NCCCN)c2cc(Oc3ccccc3)ccc2n1. The van der Waals surface area contributed by atoms with E-state index in [1.807, 2.05) is 55.5 Å². The topological polar surface area (TPSA) is 60.2 Å². The standard InChI is InChI=1S/C19H21N3O/c1-14-12-19(21-11-5-10-20)17-13-16(8-9-18(17)22-14)23-15-6-3-2-4-7-15/h2-4,6-9,12-13H,5,10-11,20H2,1H3,(H,21,22). The molecule has 2 aromatic carbocycles. The first-order chi connectivity index (χ1) is 11.3. The molecule has 0 unspecified atom stereocenters. The van der Waals surface area contributed by atoms with Gasteiger partial charge in [0.05, 0.1) is 5.52 Å². The maximum Gasteiger partial charge on any atom is 0.128 e. The Bertz CT molecular complexity index is 787. The summed E-state index contributed by atoms with van der Waals surface area (Å²) in [5, 5.41) is 4.50. The van der Waals surface area contributed by atoms with Gasteiger partial charge < -0.3 is 15.8 Å². The van der Waals surface area contributed by atoms with Crippen LogP contribution in [0.3, 0.4) is 0 Å². The van der Waals surface area contributed by atoms with Gasteiger partial charge in [0.15, 0.2) is 0 Å². The van der Waals surface area contributed by atoms with Gasteiger partial charge in [0.2, 0.25) is 0 Å². The third kappa shape index (κ3) is 3.79. The molecule has 0 saturated heterocycles. The molecule has 3 rings (SSSR count). The van der Waals surface area contributed by atoms with Gasteiger partial charge in [-0.15, -0.1) is 0 Å². The summed E-state index contributed by atoms with van der Waals surface area (Å²) in [6.07, 6.45) is 0.934. The maximum atomic E-state index is 5.92. The molecule has 0 amide bonds. The summed E-state index contributed by atoms with van der Waals surface area (Å²) in [5.74, 6) is 1.63. The van der Waals surface area contributed by atoms with Gasteiger partial charge in [0.1, 0.15) is 11.5 Å². The van der Waals surface area contributed by atoms with Crippen molar-refractivity contribution in [3.05, 3.63) is 60.3 Å². The Morgan fingerprint density at radius 2 is 1.87 bits per heavy atom. The van der Waals surface area contributed by atoms with Crippen molar-refractivity contribution in [1.29, 1.82) is 0 Å². The average molecular weight is 307 g/mol. The summed E-state index contributed by atoms with van der Waals surface area (Å²) in [4.78, 5) is 4.59. The largest absolute Gasteiger partial charge is 0.457 e. The Labute approximate surface area is 136 Å². The van der Waals surface area contributed by atoms with Crippen molar-refractivity contribution < 1.29 is 4.74 Å².